The van der Waals surface area contributed by atoms with Crippen LogP contribution in [-0.2, 0) is 4.79 Å². The van der Waals surface area contributed by atoms with Gasteiger partial charge in [0.1, 0.15) is 5.82 Å². The summed E-state index contributed by atoms with van der Waals surface area (Å²) in [7, 11) is 0. The maximum absolute atomic E-state index is 13.4. The number of urea groups is 1. The van der Waals surface area contributed by atoms with Crippen molar-refractivity contribution in [1.29, 1.82) is 0 Å². The van der Waals surface area contributed by atoms with Crippen molar-refractivity contribution in [2.45, 2.75) is 6.04 Å². The number of aliphatic hydroxyl groups is 1. The minimum atomic E-state index is -0.680. The molecule has 2 aliphatic rings. The minimum absolute atomic E-state index is 0.154. The predicted molar refractivity (Wildman–Crippen MR) is 71.5 cm³/mol. The Bertz CT molecular complexity index is 644. The lowest BCUT2D eigenvalue weighted by Gasteiger charge is -2.25. The number of amides is 3. The first-order chi connectivity index (χ1) is 10.1. The zero-order valence-corrected chi connectivity index (χ0v) is 11.1. The number of nitrogens with one attached hydrogen (secondary N) is 2. The number of carbonyl (C=O) groups excluding carboxylic acids is 2. The van der Waals surface area contributed by atoms with E-state index < -0.39 is 17.9 Å². The molecule has 0 spiro atoms. The van der Waals surface area contributed by atoms with Crippen LogP contribution in [0.5, 0.6) is 0 Å². The smallest absolute Gasteiger partial charge is 0.319 e. The van der Waals surface area contributed by atoms with E-state index in [1.807, 2.05) is 0 Å². The van der Waals surface area contributed by atoms with Gasteiger partial charge in [0.05, 0.1) is 30.5 Å². The molecule has 7 heteroatoms. The number of rotatable bonds is 3. The van der Waals surface area contributed by atoms with Crippen LogP contribution in [0.3, 0.4) is 0 Å². The molecule has 0 radical (unpaired) electrons. The summed E-state index contributed by atoms with van der Waals surface area (Å²) >= 11 is 0. The molecule has 2 aliphatic heterocycles. The van der Waals surface area contributed by atoms with Gasteiger partial charge in [0.2, 0.25) is 0 Å². The summed E-state index contributed by atoms with van der Waals surface area (Å²) in [5, 5.41) is 14.2. The van der Waals surface area contributed by atoms with Crippen LogP contribution in [0.2, 0.25) is 0 Å². The van der Waals surface area contributed by atoms with Gasteiger partial charge >= 0.3 is 6.03 Å². The fraction of sp³-hybridized carbons (Fsp3) is 0.286. The molecule has 0 unspecified atom stereocenters. The van der Waals surface area contributed by atoms with Crippen molar-refractivity contribution in [3.63, 3.8) is 0 Å². The van der Waals surface area contributed by atoms with E-state index in [1.54, 1.807) is 6.07 Å². The Morgan fingerprint density at radius 3 is 2.90 bits per heavy atom. The van der Waals surface area contributed by atoms with Crippen LogP contribution in [0, 0.1) is 5.82 Å². The van der Waals surface area contributed by atoms with Gasteiger partial charge in [-0.2, -0.15) is 0 Å². The summed E-state index contributed by atoms with van der Waals surface area (Å²) in [4.78, 5) is 25.5. The van der Waals surface area contributed by atoms with E-state index in [2.05, 4.69) is 10.6 Å². The first-order valence-corrected chi connectivity index (χ1v) is 6.56. The number of hydrogen-bond acceptors (Lipinski definition) is 3. The molecular formula is C14H14FN3O3. The number of aliphatic hydroxyl groups excluding tert-OH is 1. The molecule has 0 aliphatic carbocycles. The van der Waals surface area contributed by atoms with Crippen LogP contribution in [0.4, 0.5) is 9.18 Å². The highest BCUT2D eigenvalue weighted by Crippen LogP contribution is 2.32. The number of halogens is 1. The molecule has 0 fully saturated rings. The molecule has 2 heterocycles. The lowest BCUT2D eigenvalue weighted by Crippen LogP contribution is -2.44. The number of benzene rings is 1. The van der Waals surface area contributed by atoms with E-state index in [4.69, 9.17) is 5.11 Å². The Hall–Kier alpha value is -2.41. The molecule has 110 valence electrons. The maximum atomic E-state index is 13.4. The monoisotopic (exact) mass is 291 g/mol. The zero-order valence-electron chi connectivity index (χ0n) is 11.1. The van der Waals surface area contributed by atoms with Crippen molar-refractivity contribution in [3.05, 3.63) is 46.9 Å². The molecule has 1 atom stereocenters. The second-order valence-electron chi connectivity index (χ2n) is 4.93. The highest BCUT2D eigenvalue weighted by molar-refractivity contribution is 6.01. The molecule has 0 aromatic heterocycles. The van der Waals surface area contributed by atoms with E-state index in [1.165, 1.54) is 23.1 Å². The molecule has 1 aromatic rings. The molecule has 6 nitrogen and oxygen atoms in total. The van der Waals surface area contributed by atoms with Gasteiger partial charge in [-0.05, 0) is 17.7 Å². The minimum Gasteiger partial charge on any atom is -0.395 e. The molecule has 0 saturated carbocycles. The van der Waals surface area contributed by atoms with Crippen molar-refractivity contribution in [2.24, 2.45) is 0 Å². The van der Waals surface area contributed by atoms with E-state index in [9.17, 15) is 14.0 Å². The maximum Gasteiger partial charge on any atom is 0.319 e. The van der Waals surface area contributed by atoms with Gasteiger partial charge in [-0.25, -0.2) is 9.18 Å². The number of β-amino-alcohol motifs (C(OH)–C–C–N with tert-alkyl or cyclic N) is 1. The van der Waals surface area contributed by atoms with Crippen molar-refractivity contribution in [1.82, 2.24) is 15.5 Å². The summed E-state index contributed by atoms with van der Waals surface area (Å²) in [5.41, 5.74) is 1.41. The fourth-order valence-electron chi connectivity index (χ4n) is 2.67. The second kappa shape index (κ2) is 5.17. The summed E-state index contributed by atoms with van der Waals surface area (Å²) in [6.07, 6.45) is 0. The quantitative estimate of drug-likeness (QED) is 0.747. The van der Waals surface area contributed by atoms with Crippen molar-refractivity contribution in [3.8, 4) is 0 Å². The Kier molecular flexibility index (Phi) is 3.34. The highest BCUT2D eigenvalue weighted by Gasteiger charge is 2.40. The summed E-state index contributed by atoms with van der Waals surface area (Å²) in [6.45, 7) is 0.282. The number of nitrogens with zero attached hydrogens (tertiary/aromatic N) is 1. The lowest BCUT2D eigenvalue weighted by molar-refractivity contribution is -0.126. The largest absolute Gasteiger partial charge is 0.395 e. The van der Waals surface area contributed by atoms with Gasteiger partial charge in [-0.3, -0.25) is 4.79 Å². The Labute approximate surface area is 120 Å². The van der Waals surface area contributed by atoms with E-state index in [-0.39, 0.29) is 25.6 Å². The summed E-state index contributed by atoms with van der Waals surface area (Å²) in [6, 6.07) is 4.68. The first-order valence-electron chi connectivity index (χ1n) is 6.56. The van der Waals surface area contributed by atoms with Gasteiger partial charge in [-0.1, -0.05) is 12.1 Å². The predicted octanol–water partition coefficient (Wildman–Crippen LogP) is 0.268. The van der Waals surface area contributed by atoms with E-state index in [0.29, 0.717) is 16.8 Å². The molecular weight excluding hydrogens is 277 g/mol. The zero-order chi connectivity index (χ0) is 15.0. The van der Waals surface area contributed by atoms with E-state index in [0.717, 1.165) is 0 Å². The lowest BCUT2D eigenvalue weighted by atomic mass is 9.96. The SMILES string of the molecule is O=C1NC2=C(C(=O)N(CCO)C2)[C@@H](c2cccc(F)c2)N1. The van der Waals surface area contributed by atoms with Crippen LogP contribution in [0.25, 0.3) is 0 Å². The third-order valence-corrected chi connectivity index (χ3v) is 3.57. The van der Waals surface area contributed by atoms with Crippen LogP contribution in [0.15, 0.2) is 35.5 Å². The highest BCUT2D eigenvalue weighted by atomic mass is 19.1. The Morgan fingerprint density at radius 2 is 2.19 bits per heavy atom. The summed E-state index contributed by atoms with van der Waals surface area (Å²) < 4.78 is 13.4. The third-order valence-electron chi connectivity index (χ3n) is 3.57. The third kappa shape index (κ3) is 2.36. The molecule has 3 N–H and O–H groups in total. The van der Waals surface area contributed by atoms with Crippen LogP contribution in [0.1, 0.15) is 11.6 Å². The van der Waals surface area contributed by atoms with Gasteiger partial charge < -0.3 is 20.6 Å². The van der Waals surface area contributed by atoms with Gasteiger partial charge in [0, 0.05) is 6.54 Å². The molecule has 21 heavy (non-hydrogen) atoms. The molecule has 1 aromatic carbocycles. The standard InChI is InChI=1S/C14H14FN3O3/c15-9-3-1-2-8(6-9)12-11-10(16-14(21)17-12)7-18(4-5-19)13(11)20/h1-3,6,12,19H,4-5,7H2,(H2,16,17,21)/t12-/m1/s1. The summed E-state index contributed by atoms with van der Waals surface area (Å²) in [5.74, 6) is -0.694. The van der Waals surface area contributed by atoms with Crippen LogP contribution < -0.4 is 10.6 Å². The second-order valence-corrected chi connectivity index (χ2v) is 4.93. The van der Waals surface area contributed by atoms with E-state index >= 15 is 0 Å². The number of hydrogen-bond donors (Lipinski definition) is 3. The molecule has 0 bridgehead atoms. The average molecular weight is 291 g/mol. The van der Waals surface area contributed by atoms with Gasteiger partial charge in [-0.15, -0.1) is 0 Å². The fourth-order valence-corrected chi connectivity index (χ4v) is 2.67. The molecule has 3 amide bonds. The molecule has 0 saturated heterocycles. The van der Waals surface area contributed by atoms with Gasteiger partial charge in [0.25, 0.3) is 5.91 Å². The van der Waals surface area contributed by atoms with Crippen LogP contribution in [-0.4, -0.2) is 41.6 Å². The van der Waals surface area contributed by atoms with Gasteiger partial charge in [0.15, 0.2) is 0 Å². The normalized spacial score (nSPS) is 21.2. The van der Waals surface area contributed by atoms with Crippen molar-refractivity contribution < 1.29 is 19.1 Å². The van der Waals surface area contributed by atoms with Crippen molar-refractivity contribution >= 4 is 11.9 Å². The Balaban J connectivity index is 1.99. The van der Waals surface area contributed by atoms with Crippen LogP contribution >= 0.6 is 0 Å². The Morgan fingerprint density at radius 1 is 1.38 bits per heavy atom. The number of carbonyl (C=O) groups is 2. The molecule has 3 rings (SSSR count). The van der Waals surface area contributed by atoms with Crippen molar-refractivity contribution in [2.75, 3.05) is 19.7 Å². The first kappa shape index (κ1) is 13.6. The topological polar surface area (TPSA) is 81.7 Å². The average Bonchev–Trinajstić information content (AvgIpc) is 2.75.